The van der Waals surface area contributed by atoms with Gasteiger partial charge in [-0.2, -0.15) is 13.2 Å². The molecule has 0 unspecified atom stereocenters. The number of nitrogens with two attached hydrogens (primary N) is 2. The molecule has 0 aliphatic rings. The first-order valence-electron chi connectivity index (χ1n) is 8.06. The Morgan fingerprint density at radius 2 is 1.69 bits per heavy atom. The van der Waals surface area contributed by atoms with Crippen molar-refractivity contribution in [3.8, 4) is 11.8 Å². The first kappa shape index (κ1) is 19.6. The molecule has 0 saturated carbocycles. The van der Waals surface area contributed by atoms with Gasteiger partial charge in [0.15, 0.2) is 0 Å². The van der Waals surface area contributed by atoms with E-state index in [0.29, 0.717) is 11.1 Å². The quantitative estimate of drug-likeness (QED) is 0.645. The molecule has 29 heavy (non-hydrogen) atoms. The number of nitrogens with zero attached hydrogens (tertiary/aromatic N) is 4. The second-order valence-corrected chi connectivity index (χ2v) is 5.70. The Kier molecular flexibility index (Phi) is 5.32. The Labute approximate surface area is 163 Å². The van der Waals surface area contributed by atoms with Crippen LogP contribution in [0.4, 0.5) is 35.4 Å². The summed E-state index contributed by atoms with van der Waals surface area (Å²) < 4.78 is 39.0. The summed E-state index contributed by atoms with van der Waals surface area (Å²) in [5, 5.41) is 0. The van der Waals surface area contributed by atoms with Gasteiger partial charge < -0.3 is 11.5 Å². The van der Waals surface area contributed by atoms with E-state index in [2.05, 4.69) is 26.8 Å². The standard InChI is InChI=1S/C19H13F3N6O/c20-19(21,22)14-6-7-25-16(9-14)28(18(24)29)15-3-1-2-12(8-15)4-5-13-10-26-17(23)27-11-13/h1-3,6-11H,(H2,24,29)(H2,23,26,27). The van der Waals surface area contributed by atoms with E-state index < -0.39 is 17.8 Å². The molecule has 0 aliphatic heterocycles. The van der Waals surface area contributed by atoms with Gasteiger partial charge in [-0.15, -0.1) is 0 Å². The highest BCUT2D eigenvalue weighted by molar-refractivity contribution is 5.97. The minimum atomic E-state index is -4.59. The van der Waals surface area contributed by atoms with Gasteiger partial charge in [-0.1, -0.05) is 17.9 Å². The molecule has 146 valence electrons. The van der Waals surface area contributed by atoms with Gasteiger partial charge in [-0.05, 0) is 30.3 Å². The number of hydrogen-bond donors (Lipinski definition) is 2. The molecule has 10 heteroatoms. The number of anilines is 3. The number of halogens is 3. The van der Waals surface area contributed by atoms with Crippen molar-refractivity contribution in [3.63, 3.8) is 0 Å². The van der Waals surface area contributed by atoms with Crippen molar-refractivity contribution in [1.29, 1.82) is 0 Å². The van der Waals surface area contributed by atoms with E-state index in [-0.39, 0.29) is 17.5 Å². The first-order valence-corrected chi connectivity index (χ1v) is 8.06. The van der Waals surface area contributed by atoms with E-state index in [9.17, 15) is 18.0 Å². The Balaban J connectivity index is 1.97. The SMILES string of the molecule is NC(=O)N(c1cccc(C#Cc2cnc(N)nc2)c1)c1cc(C(F)(F)F)ccn1. The zero-order chi connectivity index (χ0) is 21.0. The fourth-order valence-electron chi connectivity index (χ4n) is 2.36. The summed E-state index contributed by atoms with van der Waals surface area (Å²) in [7, 11) is 0. The maximum Gasteiger partial charge on any atom is 0.416 e. The highest BCUT2D eigenvalue weighted by atomic mass is 19.4. The maximum atomic E-state index is 13.0. The van der Waals surface area contributed by atoms with Gasteiger partial charge in [0.05, 0.1) is 16.8 Å². The summed E-state index contributed by atoms with van der Waals surface area (Å²) in [6, 6.07) is 6.81. The molecule has 0 saturated heterocycles. The fraction of sp³-hybridized carbons (Fsp3) is 0.0526. The van der Waals surface area contributed by atoms with Gasteiger partial charge in [-0.25, -0.2) is 24.6 Å². The number of nitrogen functional groups attached to an aromatic ring is 1. The van der Waals surface area contributed by atoms with Gasteiger partial charge in [0.1, 0.15) is 5.82 Å². The minimum Gasteiger partial charge on any atom is -0.368 e. The highest BCUT2D eigenvalue weighted by Gasteiger charge is 2.31. The van der Waals surface area contributed by atoms with Crippen LogP contribution in [0.3, 0.4) is 0 Å². The van der Waals surface area contributed by atoms with Crippen molar-refractivity contribution in [3.05, 3.63) is 71.7 Å². The normalized spacial score (nSPS) is 10.7. The number of rotatable bonds is 2. The zero-order valence-electron chi connectivity index (χ0n) is 14.7. The maximum absolute atomic E-state index is 13.0. The van der Waals surface area contributed by atoms with E-state index in [1.165, 1.54) is 24.5 Å². The molecule has 0 fully saturated rings. The Bertz CT molecular complexity index is 1100. The van der Waals surface area contributed by atoms with Crippen LogP contribution in [0.2, 0.25) is 0 Å². The lowest BCUT2D eigenvalue weighted by molar-refractivity contribution is -0.137. The highest BCUT2D eigenvalue weighted by Crippen LogP contribution is 2.32. The van der Waals surface area contributed by atoms with Gasteiger partial charge in [-0.3, -0.25) is 0 Å². The van der Waals surface area contributed by atoms with Crippen molar-refractivity contribution in [2.45, 2.75) is 6.18 Å². The van der Waals surface area contributed by atoms with E-state index >= 15 is 0 Å². The van der Waals surface area contributed by atoms with Crippen LogP contribution >= 0.6 is 0 Å². The van der Waals surface area contributed by atoms with E-state index in [1.54, 1.807) is 12.1 Å². The summed E-state index contributed by atoms with van der Waals surface area (Å²) >= 11 is 0. The molecule has 0 bridgehead atoms. The molecule has 0 aliphatic carbocycles. The van der Waals surface area contributed by atoms with Gasteiger partial charge in [0.25, 0.3) is 0 Å². The second-order valence-electron chi connectivity index (χ2n) is 5.70. The molecule has 3 aromatic rings. The number of amides is 2. The number of primary amides is 1. The lowest BCUT2D eigenvalue weighted by atomic mass is 10.1. The average molecular weight is 398 g/mol. The van der Waals surface area contributed by atoms with Gasteiger partial charge in [0.2, 0.25) is 5.95 Å². The first-order chi connectivity index (χ1) is 13.7. The molecule has 0 spiro atoms. The van der Waals surface area contributed by atoms with Crippen LogP contribution in [0.15, 0.2) is 55.0 Å². The van der Waals surface area contributed by atoms with Crippen molar-refractivity contribution in [2.24, 2.45) is 5.73 Å². The molecular weight excluding hydrogens is 385 g/mol. The van der Waals surface area contributed by atoms with Gasteiger partial charge >= 0.3 is 12.2 Å². The number of hydrogen-bond acceptors (Lipinski definition) is 5. The fourth-order valence-corrected chi connectivity index (χ4v) is 2.36. The number of carbonyl (C=O) groups is 1. The summed E-state index contributed by atoms with van der Waals surface area (Å²) in [6.07, 6.45) is -0.739. The Hall–Kier alpha value is -4.13. The number of urea groups is 1. The molecule has 0 atom stereocenters. The van der Waals surface area contributed by atoms with Crippen LogP contribution in [-0.2, 0) is 6.18 Å². The van der Waals surface area contributed by atoms with Crippen LogP contribution in [0.1, 0.15) is 16.7 Å². The number of pyridine rings is 1. The van der Waals surface area contributed by atoms with E-state index in [1.807, 2.05) is 0 Å². The predicted molar refractivity (Wildman–Crippen MR) is 99.8 cm³/mol. The van der Waals surface area contributed by atoms with Crippen LogP contribution in [0, 0.1) is 11.8 Å². The smallest absolute Gasteiger partial charge is 0.368 e. The van der Waals surface area contributed by atoms with Gasteiger partial charge in [0, 0.05) is 24.2 Å². The monoisotopic (exact) mass is 398 g/mol. The van der Waals surface area contributed by atoms with Crippen molar-refractivity contribution in [1.82, 2.24) is 15.0 Å². The van der Waals surface area contributed by atoms with Crippen molar-refractivity contribution in [2.75, 3.05) is 10.6 Å². The minimum absolute atomic E-state index is 0.114. The third kappa shape index (κ3) is 4.78. The van der Waals surface area contributed by atoms with Crippen molar-refractivity contribution >= 4 is 23.5 Å². The van der Waals surface area contributed by atoms with Crippen molar-refractivity contribution < 1.29 is 18.0 Å². The largest absolute Gasteiger partial charge is 0.416 e. The molecule has 4 N–H and O–H groups in total. The lowest BCUT2D eigenvalue weighted by Gasteiger charge is -2.20. The van der Waals surface area contributed by atoms with Crippen LogP contribution in [0.5, 0.6) is 0 Å². The third-order valence-electron chi connectivity index (χ3n) is 3.65. The molecule has 7 nitrogen and oxygen atoms in total. The summed E-state index contributed by atoms with van der Waals surface area (Å²) in [5.41, 5.74) is 11.1. The molecule has 2 amide bonds. The topological polar surface area (TPSA) is 111 Å². The lowest BCUT2D eigenvalue weighted by Crippen LogP contribution is -2.32. The number of aromatic nitrogens is 3. The Morgan fingerprint density at radius 3 is 2.34 bits per heavy atom. The molecule has 2 aromatic heterocycles. The number of alkyl halides is 3. The molecule has 0 radical (unpaired) electrons. The molecule has 2 heterocycles. The zero-order valence-corrected chi connectivity index (χ0v) is 14.7. The van der Waals surface area contributed by atoms with Crippen LogP contribution in [-0.4, -0.2) is 21.0 Å². The van der Waals surface area contributed by atoms with E-state index in [4.69, 9.17) is 11.5 Å². The summed E-state index contributed by atoms with van der Waals surface area (Å²) in [5.74, 6) is 5.53. The summed E-state index contributed by atoms with van der Waals surface area (Å²) in [4.78, 5) is 24.3. The predicted octanol–water partition coefficient (Wildman–Crippen LogP) is 3.09. The number of carbonyl (C=O) groups excluding carboxylic acids is 1. The average Bonchev–Trinajstić information content (AvgIpc) is 2.67. The van der Waals surface area contributed by atoms with E-state index in [0.717, 1.165) is 23.2 Å². The Morgan fingerprint density at radius 1 is 1.00 bits per heavy atom. The van der Waals surface area contributed by atoms with Crippen LogP contribution in [0.25, 0.3) is 0 Å². The summed E-state index contributed by atoms with van der Waals surface area (Å²) in [6.45, 7) is 0. The molecule has 3 rings (SSSR count). The number of benzene rings is 1. The van der Waals surface area contributed by atoms with Crippen LogP contribution < -0.4 is 16.4 Å². The third-order valence-corrected chi connectivity index (χ3v) is 3.65. The molecular formula is C19H13F3N6O. The molecule has 1 aromatic carbocycles. The second kappa shape index (κ2) is 7.85.